The number of hydrogen-bond acceptors (Lipinski definition) is 5. The van der Waals surface area contributed by atoms with Gasteiger partial charge in [0.2, 0.25) is 0 Å². The molecule has 2 aromatic rings. The van der Waals surface area contributed by atoms with E-state index in [1.54, 1.807) is 18.2 Å². The van der Waals surface area contributed by atoms with E-state index in [0.29, 0.717) is 0 Å². The summed E-state index contributed by atoms with van der Waals surface area (Å²) >= 11 is 1.52. The zero-order valence-electron chi connectivity index (χ0n) is 11.9. The minimum absolute atomic E-state index is 0.264. The van der Waals surface area contributed by atoms with Crippen LogP contribution >= 0.6 is 11.3 Å². The third kappa shape index (κ3) is 4.84. The van der Waals surface area contributed by atoms with Crippen LogP contribution in [0.15, 0.2) is 29.6 Å². The molecule has 0 aliphatic heterocycles. The van der Waals surface area contributed by atoms with Crippen LogP contribution in [0.25, 0.3) is 0 Å². The molecule has 0 radical (unpaired) electrons. The first-order chi connectivity index (χ1) is 10.2. The first-order valence-electron chi connectivity index (χ1n) is 6.94. The topological polar surface area (TPSA) is 74.2 Å². The van der Waals surface area contributed by atoms with E-state index in [2.05, 4.69) is 22.5 Å². The molecule has 1 aromatic heterocycles. The summed E-state index contributed by atoms with van der Waals surface area (Å²) in [6.07, 6.45) is 2.02. The van der Waals surface area contributed by atoms with E-state index >= 15 is 0 Å². The molecule has 1 heterocycles. The van der Waals surface area contributed by atoms with Gasteiger partial charge in [-0.25, -0.2) is 9.78 Å². The van der Waals surface area contributed by atoms with Gasteiger partial charge in [0.05, 0.1) is 11.3 Å². The fourth-order valence-corrected chi connectivity index (χ4v) is 2.62. The van der Waals surface area contributed by atoms with Crippen LogP contribution in [-0.2, 0) is 6.42 Å². The molecule has 3 N–H and O–H groups in total. The summed E-state index contributed by atoms with van der Waals surface area (Å²) in [6, 6.07) is 6.72. The molecular formula is C15H19N3O2S. The second kappa shape index (κ2) is 7.75. The summed E-state index contributed by atoms with van der Waals surface area (Å²) in [5.41, 5.74) is 2.04. The van der Waals surface area contributed by atoms with Crippen molar-refractivity contribution in [2.45, 2.75) is 19.8 Å². The largest absolute Gasteiger partial charge is 0.478 e. The number of carboxylic acids is 1. The second-order valence-corrected chi connectivity index (χ2v) is 5.51. The minimum Gasteiger partial charge on any atom is -0.478 e. The Bertz CT molecular complexity index is 598. The number of carbonyl (C=O) groups is 1. The zero-order valence-corrected chi connectivity index (χ0v) is 12.7. The van der Waals surface area contributed by atoms with Crippen LogP contribution in [0.3, 0.4) is 0 Å². The van der Waals surface area contributed by atoms with Crippen molar-refractivity contribution in [2.24, 2.45) is 0 Å². The van der Waals surface area contributed by atoms with Crippen molar-refractivity contribution in [3.63, 3.8) is 0 Å². The van der Waals surface area contributed by atoms with Gasteiger partial charge in [0.25, 0.3) is 0 Å². The van der Waals surface area contributed by atoms with Gasteiger partial charge in [-0.3, -0.25) is 0 Å². The highest BCUT2D eigenvalue weighted by Gasteiger charge is 2.05. The maximum absolute atomic E-state index is 10.9. The van der Waals surface area contributed by atoms with E-state index in [-0.39, 0.29) is 5.56 Å². The molecule has 0 saturated carbocycles. The van der Waals surface area contributed by atoms with E-state index in [1.807, 2.05) is 11.4 Å². The zero-order chi connectivity index (χ0) is 15.1. The molecule has 0 atom stereocenters. The monoisotopic (exact) mass is 305 g/mol. The average molecular weight is 305 g/mol. The Balaban J connectivity index is 1.93. The van der Waals surface area contributed by atoms with Crippen molar-refractivity contribution in [1.82, 2.24) is 10.3 Å². The number of thiazole rings is 1. The molecule has 1 aromatic carbocycles. The van der Waals surface area contributed by atoms with Gasteiger partial charge in [-0.15, -0.1) is 11.3 Å². The predicted octanol–water partition coefficient (Wildman–Crippen LogP) is 3.13. The molecule has 0 amide bonds. The Morgan fingerprint density at radius 3 is 3.00 bits per heavy atom. The van der Waals surface area contributed by atoms with Crippen molar-refractivity contribution in [2.75, 3.05) is 18.4 Å². The number of rotatable bonds is 8. The SMILES string of the molecule is CCCNCCc1csc(Nc2cccc(C(=O)O)c2)n1. The van der Waals surface area contributed by atoms with E-state index in [4.69, 9.17) is 5.11 Å². The molecule has 0 unspecified atom stereocenters. The van der Waals surface area contributed by atoms with Crippen molar-refractivity contribution in [3.05, 3.63) is 40.9 Å². The lowest BCUT2D eigenvalue weighted by Gasteiger charge is -2.03. The maximum atomic E-state index is 10.9. The maximum Gasteiger partial charge on any atom is 0.335 e. The van der Waals surface area contributed by atoms with E-state index in [9.17, 15) is 4.79 Å². The van der Waals surface area contributed by atoms with Gasteiger partial charge in [-0.2, -0.15) is 0 Å². The lowest BCUT2D eigenvalue weighted by molar-refractivity contribution is 0.0697. The Morgan fingerprint density at radius 2 is 2.24 bits per heavy atom. The Labute approximate surface area is 128 Å². The van der Waals surface area contributed by atoms with Gasteiger partial charge in [0.15, 0.2) is 5.13 Å². The highest BCUT2D eigenvalue weighted by molar-refractivity contribution is 7.13. The molecule has 0 aliphatic carbocycles. The molecule has 0 spiro atoms. The van der Waals surface area contributed by atoms with Crippen molar-refractivity contribution in [3.8, 4) is 0 Å². The van der Waals surface area contributed by atoms with Crippen molar-refractivity contribution >= 4 is 28.1 Å². The molecule has 2 rings (SSSR count). The van der Waals surface area contributed by atoms with Crippen molar-refractivity contribution in [1.29, 1.82) is 0 Å². The third-order valence-corrected chi connectivity index (χ3v) is 3.70. The summed E-state index contributed by atoms with van der Waals surface area (Å²) in [7, 11) is 0. The number of nitrogens with zero attached hydrogens (tertiary/aromatic N) is 1. The standard InChI is InChI=1S/C15H19N3O2S/c1-2-7-16-8-6-13-10-21-15(18-13)17-12-5-3-4-11(9-12)14(19)20/h3-5,9-10,16H,2,6-8H2,1H3,(H,17,18)(H,19,20). The minimum atomic E-state index is -0.930. The summed E-state index contributed by atoms with van der Waals surface area (Å²) in [4.78, 5) is 15.4. The molecule has 0 aliphatic rings. The summed E-state index contributed by atoms with van der Waals surface area (Å²) in [5, 5.41) is 18.3. The molecule has 0 saturated heterocycles. The number of aromatic nitrogens is 1. The fourth-order valence-electron chi connectivity index (χ4n) is 1.85. The second-order valence-electron chi connectivity index (χ2n) is 4.65. The van der Waals surface area contributed by atoms with Gasteiger partial charge in [-0.05, 0) is 31.2 Å². The lowest BCUT2D eigenvalue weighted by Crippen LogP contribution is -2.17. The van der Waals surface area contributed by atoms with E-state index in [0.717, 1.165) is 42.4 Å². The van der Waals surface area contributed by atoms with Crippen molar-refractivity contribution < 1.29 is 9.90 Å². The molecule has 21 heavy (non-hydrogen) atoms. The average Bonchev–Trinajstić information content (AvgIpc) is 2.91. The van der Waals surface area contributed by atoms with Gasteiger partial charge < -0.3 is 15.7 Å². The van der Waals surface area contributed by atoms with Gasteiger partial charge in [-0.1, -0.05) is 13.0 Å². The number of nitrogens with one attached hydrogen (secondary N) is 2. The number of anilines is 2. The van der Waals surface area contributed by atoms with Crippen LogP contribution in [0.1, 0.15) is 29.4 Å². The summed E-state index contributed by atoms with van der Waals surface area (Å²) in [5.74, 6) is -0.930. The van der Waals surface area contributed by atoms with Gasteiger partial charge in [0, 0.05) is 24.0 Å². The quantitative estimate of drug-likeness (QED) is 0.653. The Hall–Kier alpha value is -1.92. The van der Waals surface area contributed by atoms with Crippen LogP contribution in [0, 0.1) is 0 Å². The van der Waals surface area contributed by atoms with Crippen LogP contribution in [-0.4, -0.2) is 29.1 Å². The summed E-state index contributed by atoms with van der Waals surface area (Å²) in [6.45, 7) is 4.09. The number of benzene rings is 1. The molecule has 6 heteroatoms. The van der Waals surface area contributed by atoms with Crippen LogP contribution in [0.2, 0.25) is 0 Å². The molecular weight excluding hydrogens is 286 g/mol. The first kappa shape index (κ1) is 15.5. The highest BCUT2D eigenvalue weighted by Crippen LogP contribution is 2.21. The Kier molecular flexibility index (Phi) is 5.71. The van der Waals surface area contributed by atoms with Gasteiger partial charge in [0.1, 0.15) is 0 Å². The molecule has 0 bridgehead atoms. The van der Waals surface area contributed by atoms with Crippen LogP contribution < -0.4 is 10.6 Å². The van der Waals surface area contributed by atoms with E-state index in [1.165, 1.54) is 11.3 Å². The normalized spacial score (nSPS) is 10.5. The number of carboxylic acid groups (broad SMARTS) is 1. The smallest absolute Gasteiger partial charge is 0.335 e. The summed E-state index contributed by atoms with van der Waals surface area (Å²) < 4.78 is 0. The predicted molar refractivity (Wildman–Crippen MR) is 85.7 cm³/mol. The lowest BCUT2D eigenvalue weighted by atomic mass is 10.2. The van der Waals surface area contributed by atoms with Gasteiger partial charge >= 0.3 is 5.97 Å². The number of aromatic carboxylic acids is 1. The Morgan fingerprint density at radius 1 is 1.38 bits per heavy atom. The van der Waals surface area contributed by atoms with E-state index < -0.39 is 5.97 Å². The fraction of sp³-hybridized carbons (Fsp3) is 0.333. The number of hydrogen-bond donors (Lipinski definition) is 3. The van der Waals surface area contributed by atoms with Crippen LogP contribution in [0.4, 0.5) is 10.8 Å². The third-order valence-electron chi connectivity index (χ3n) is 2.90. The highest BCUT2D eigenvalue weighted by atomic mass is 32.1. The molecule has 5 nitrogen and oxygen atoms in total. The molecule has 112 valence electrons. The first-order valence-corrected chi connectivity index (χ1v) is 7.82. The molecule has 0 fully saturated rings. The van der Waals surface area contributed by atoms with Crippen LogP contribution in [0.5, 0.6) is 0 Å².